The van der Waals surface area contributed by atoms with Gasteiger partial charge in [0.25, 0.3) is 0 Å². The normalized spacial score (nSPS) is 10.9. The maximum atomic E-state index is 13.0. The fourth-order valence-electron chi connectivity index (χ4n) is 1.00. The van der Waals surface area contributed by atoms with Crippen molar-refractivity contribution in [2.75, 3.05) is 6.26 Å². The summed E-state index contributed by atoms with van der Waals surface area (Å²) in [7, 11) is -3.34. The van der Waals surface area contributed by atoms with Gasteiger partial charge in [0.05, 0.1) is 17.4 Å². The summed E-state index contributed by atoms with van der Waals surface area (Å²) in [6.07, 6.45) is 0.908. The zero-order valence-electron chi connectivity index (χ0n) is 7.49. The van der Waals surface area contributed by atoms with E-state index in [2.05, 4.69) is 0 Å². The number of nitrogens with zero attached hydrogens (tertiary/aromatic N) is 1. The molecule has 0 heterocycles. The van der Waals surface area contributed by atoms with Crippen molar-refractivity contribution in [2.24, 2.45) is 0 Å². The highest BCUT2D eigenvalue weighted by atomic mass is 32.2. The Morgan fingerprint density at radius 1 is 1.50 bits per heavy atom. The Morgan fingerprint density at radius 2 is 2.14 bits per heavy atom. The van der Waals surface area contributed by atoms with Crippen LogP contribution in [0.1, 0.15) is 5.56 Å². The SMILES string of the molecule is CS(=O)(=O)c1ccc(F)c(CC#N)c1. The number of hydrogen-bond acceptors (Lipinski definition) is 3. The largest absolute Gasteiger partial charge is 0.224 e. The van der Waals surface area contributed by atoms with Gasteiger partial charge in [-0.05, 0) is 18.2 Å². The molecule has 74 valence electrons. The standard InChI is InChI=1S/C9H8FNO2S/c1-14(12,13)8-2-3-9(10)7(6-8)4-5-11/h2-3,6H,4H2,1H3. The van der Waals surface area contributed by atoms with Crippen molar-refractivity contribution in [3.05, 3.63) is 29.6 Å². The van der Waals surface area contributed by atoms with Gasteiger partial charge in [0.2, 0.25) is 0 Å². The van der Waals surface area contributed by atoms with Crippen LogP contribution in [0.25, 0.3) is 0 Å². The average molecular weight is 213 g/mol. The summed E-state index contributed by atoms with van der Waals surface area (Å²) >= 11 is 0. The van der Waals surface area contributed by atoms with Crippen LogP contribution in [0.4, 0.5) is 4.39 Å². The summed E-state index contributed by atoms with van der Waals surface area (Å²) in [6, 6.07) is 5.20. The summed E-state index contributed by atoms with van der Waals surface area (Å²) in [4.78, 5) is 0.0316. The Kier molecular flexibility index (Phi) is 2.87. The highest BCUT2D eigenvalue weighted by Crippen LogP contribution is 2.15. The van der Waals surface area contributed by atoms with E-state index in [0.29, 0.717) is 0 Å². The molecular formula is C9H8FNO2S. The highest BCUT2D eigenvalue weighted by Gasteiger charge is 2.10. The summed E-state index contributed by atoms with van der Waals surface area (Å²) in [5, 5.41) is 8.37. The van der Waals surface area contributed by atoms with Crippen LogP contribution in [-0.2, 0) is 16.3 Å². The van der Waals surface area contributed by atoms with E-state index in [4.69, 9.17) is 5.26 Å². The van der Waals surface area contributed by atoms with Gasteiger partial charge >= 0.3 is 0 Å². The second kappa shape index (κ2) is 3.76. The van der Waals surface area contributed by atoms with Crippen LogP contribution >= 0.6 is 0 Å². The molecule has 0 aliphatic rings. The molecule has 0 amide bonds. The van der Waals surface area contributed by atoms with Gasteiger partial charge in [0.15, 0.2) is 9.84 Å². The van der Waals surface area contributed by atoms with Gasteiger partial charge in [-0.25, -0.2) is 12.8 Å². The van der Waals surface area contributed by atoms with Gasteiger partial charge in [0.1, 0.15) is 5.82 Å². The average Bonchev–Trinajstić information content (AvgIpc) is 2.07. The first-order valence-corrected chi connectivity index (χ1v) is 5.69. The van der Waals surface area contributed by atoms with Gasteiger partial charge in [0, 0.05) is 11.8 Å². The molecule has 1 aromatic rings. The summed E-state index contributed by atoms with van der Waals surface area (Å²) in [5.74, 6) is -0.557. The fraction of sp³-hybridized carbons (Fsp3) is 0.222. The maximum Gasteiger partial charge on any atom is 0.175 e. The molecule has 0 aromatic heterocycles. The Bertz CT molecular complexity index is 488. The van der Waals surface area contributed by atoms with E-state index in [1.165, 1.54) is 12.1 Å². The summed E-state index contributed by atoms with van der Waals surface area (Å²) in [6.45, 7) is 0. The fourth-order valence-corrected chi connectivity index (χ4v) is 1.67. The molecule has 14 heavy (non-hydrogen) atoms. The predicted molar refractivity (Wildman–Crippen MR) is 48.8 cm³/mol. The van der Waals surface area contributed by atoms with Crippen LogP contribution < -0.4 is 0 Å². The number of benzene rings is 1. The molecule has 0 N–H and O–H groups in total. The van der Waals surface area contributed by atoms with Crippen molar-refractivity contribution in [2.45, 2.75) is 11.3 Å². The molecule has 0 aliphatic heterocycles. The highest BCUT2D eigenvalue weighted by molar-refractivity contribution is 7.90. The Balaban J connectivity index is 3.28. The van der Waals surface area contributed by atoms with E-state index in [-0.39, 0.29) is 16.9 Å². The third kappa shape index (κ3) is 2.30. The number of rotatable bonds is 2. The molecule has 0 aliphatic carbocycles. The Labute approximate surface area is 81.7 Å². The van der Waals surface area contributed by atoms with Crippen LogP contribution in [0.2, 0.25) is 0 Å². The van der Waals surface area contributed by atoms with Crippen molar-refractivity contribution in [3.63, 3.8) is 0 Å². The third-order valence-electron chi connectivity index (χ3n) is 1.71. The first kappa shape index (κ1) is 10.7. The Hall–Kier alpha value is -1.41. The lowest BCUT2D eigenvalue weighted by atomic mass is 10.1. The van der Waals surface area contributed by atoms with Crippen molar-refractivity contribution in [3.8, 4) is 6.07 Å². The lowest BCUT2D eigenvalue weighted by molar-refractivity contribution is 0.598. The van der Waals surface area contributed by atoms with Gasteiger partial charge in [-0.2, -0.15) is 5.26 Å². The van der Waals surface area contributed by atoms with Crippen LogP contribution in [0, 0.1) is 17.1 Å². The molecule has 0 spiro atoms. The first-order valence-electron chi connectivity index (χ1n) is 3.80. The lowest BCUT2D eigenvalue weighted by Gasteiger charge is -2.01. The zero-order valence-corrected chi connectivity index (χ0v) is 8.31. The summed E-state index contributed by atoms with van der Waals surface area (Å²) in [5.41, 5.74) is 0.107. The molecule has 5 heteroatoms. The molecule has 0 saturated heterocycles. The van der Waals surface area contributed by atoms with Crippen molar-refractivity contribution < 1.29 is 12.8 Å². The third-order valence-corrected chi connectivity index (χ3v) is 2.83. The second-order valence-electron chi connectivity index (χ2n) is 2.86. The molecule has 0 bridgehead atoms. The molecule has 0 saturated carbocycles. The minimum absolute atomic E-state index is 0.0316. The number of halogens is 1. The van der Waals surface area contributed by atoms with Crippen molar-refractivity contribution in [1.82, 2.24) is 0 Å². The molecule has 0 radical (unpaired) electrons. The van der Waals surface area contributed by atoms with Gasteiger partial charge in [-0.3, -0.25) is 0 Å². The maximum absolute atomic E-state index is 13.0. The number of hydrogen-bond donors (Lipinski definition) is 0. The summed E-state index contributed by atoms with van der Waals surface area (Å²) < 4.78 is 35.2. The van der Waals surface area contributed by atoms with E-state index in [1.807, 2.05) is 0 Å². The van der Waals surface area contributed by atoms with Gasteiger partial charge in [-0.1, -0.05) is 0 Å². The topological polar surface area (TPSA) is 57.9 Å². The number of nitriles is 1. The molecule has 3 nitrogen and oxygen atoms in total. The van der Waals surface area contributed by atoms with E-state index in [0.717, 1.165) is 12.3 Å². The van der Waals surface area contributed by atoms with Crippen LogP contribution in [0.5, 0.6) is 0 Å². The minimum atomic E-state index is -3.34. The smallest absolute Gasteiger partial charge is 0.175 e. The van der Waals surface area contributed by atoms with Crippen LogP contribution in [0.3, 0.4) is 0 Å². The van der Waals surface area contributed by atoms with Gasteiger partial charge < -0.3 is 0 Å². The predicted octanol–water partition coefficient (Wildman–Crippen LogP) is 1.30. The number of sulfone groups is 1. The van der Waals surface area contributed by atoms with E-state index in [9.17, 15) is 12.8 Å². The van der Waals surface area contributed by atoms with Crippen LogP contribution in [-0.4, -0.2) is 14.7 Å². The molecule has 0 unspecified atom stereocenters. The minimum Gasteiger partial charge on any atom is -0.224 e. The molecule has 1 aromatic carbocycles. The van der Waals surface area contributed by atoms with E-state index >= 15 is 0 Å². The zero-order chi connectivity index (χ0) is 10.8. The molecule has 0 fully saturated rings. The molecule has 0 atom stereocenters. The van der Waals surface area contributed by atoms with Crippen LogP contribution in [0.15, 0.2) is 23.1 Å². The first-order chi connectivity index (χ1) is 6.45. The van der Waals surface area contributed by atoms with E-state index < -0.39 is 15.7 Å². The monoisotopic (exact) mass is 213 g/mol. The second-order valence-corrected chi connectivity index (χ2v) is 4.88. The lowest BCUT2D eigenvalue weighted by Crippen LogP contribution is -1.99. The quantitative estimate of drug-likeness (QED) is 0.695. The van der Waals surface area contributed by atoms with E-state index in [1.54, 1.807) is 6.07 Å². The van der Waals surface area contributed by atoms with Crippen molar-refractivity contribution >= 4 is 9.84 Å². The molecule has 1 rings (SSSR count). The Morgan fingerprint density at radius 3 is 2.64 bits per heavy atom. The van der Waals surface area contributed by atoms with Crippen molar-refractivity contribution in [1.29, 1.82) is 5.26 Å². The van der Waals surface area contributed by atoms with Gasteiger partial charge in [-0.15, -0.1) is 0 Å². The molecular weight excluding hydrogens is 205 g/mol.